The third kappa shape index (κ3) is 3.39. The van der Waals surface area contributed by atoms with Gasteiger partial charge in [-0.15, -0.1) is 0 Å². The summed E-state index contributed by atoms with van der Waals surface area (Å²) in [5.41, 5.74) is 1.04. The molecule has 2 rings (SSSR count). The first-order chi connectivity index (χ1) is 10.1. The van der Waals surface area contributed by atoms with Crippen molar-refractivity contribution in [1.29, 1.82) is 0 Å². The summed E-state index contributed by atoms with van der Waals surface area (Å²) in [7, 11) is 4.67. The molecule has 1 heterocycles. The average molecular weight is 354 g/mol. The van der Waals surface area contributed by atoms with E-state index in [-0.39, 0.29) is 0 Å². The zero-order valence-electron chi connectivity index (χ0n) is 12.3. The van der Waals surface area contributed by atoms with Gasteiger partial charge in [0.2, 0.25) is 11.6 Å². The lowest BCUT2D eigenvalue weighted by atomic mass is 10.2. The minimum absolute atomic E-state index is 0.467. The summed E-state index contributed by atoms with van der Waals surface area (Å²) < 4.78 is 22.4. The molecule has 2 aromatic rings. The van der Waals surface area contributed by atoms with Crippen molar-refractivity contribution in [2.75, 3.05) is 21.3 Å². The Hall–Kier alpha value is -1.95. The van der Waals surface area contributed by atoms with E-state index in [2.05, 4.69) is 20.9 Å². The molecule has 0 saturated carbocycles. The van der Waals surface area contributed by atoms with Crippen LogP contribution in [-0.4, -0.2) is 26.3 Å². The molecule has 0 aliphatic carbocycles. The van der Waals surface area contributed by atoms with Gasteiger partial charge in [-0.1, -0.05) is 0 Å². The van der Waals surface area contributed by atoms with Gasteiger partial charge in [-0.2, -0.15) is 0 Å². The molecule has 0 radical (unpaired) electrons. The van der Waals surface area contributed by atoms with E-state index in [1.165, 1.54) is 0 Å². The molecule has 0 N–H and O–H groups in total. The van der Waals surface area contributed by atoms with Crippen LogP contribution >= 0.6 is 15.9 Å². The largest absolute Gasteiger partial charge is 0.493 e. The molecule has 0 spiro atoms. The Balaban J connectivity index is 2.40. The van der Waals surface area contributed by atoms with Gasteiger partial charge in [0.1, 0.15) is 5.75 Å². The zero-order chi connectivity index (χ0) is 15.4. The van der Waals surface area contributed by atoms with E-state index in [0.29, 0.717) is 28.9 Å². The Kier molecular flexibility index (Phi) is 4.90. The second-order valence-electron chi connectivity index (χ2n) is 4.26. The number of aryl methyl sites for hydroxylation is 1. The Bertz CT molecular complexity index is 621. The minimum atomic E-state index is 0.467. The smallest absolute Gasteiger partial charge is 0.233 e. The van der Waals surface area contributed by atoms with Crippen LogP contribution in [0.15, 0.2) is 28.9 Å². The van der Waals surface area contributed by atoms with Crippen molar-refractivity contribution in [1.82, 2.24) is 4.98 Å². The van der Waals surface area contributed by atoms with Crippen molar-refractivity contribution in [2.45, 2.75) is 6.92 Å². The predicted octanol–water partition coefficient (Wildman–Crippen LogP) is 3.97. The van der Waals surface area contributed by atoms with Crippen LogP contribution in [-0.2, 0) is 0 Å². The van der Waals surface area contributed by atoms with Crippen LogP contribution in [0.5, 0.6) is 28.9 Å². The second kappa shape index (κ2) is 6.67. The molecule has 0 unspecified atom stereocenters. The number of rotatable bonds is 5. The average Bonchev–Trinajstić information content (AvgIpc) is 2.49. The quantitative estimate of drug-likeness (QED) is 0.813. The summed E-state index contributed by atoms with van der Waals surface area (Å²) in [5, 5.41) is 0. The number of ether oxygens (including phenoxy) is 4. The van der Waals surface area contributed by atoms with Crippen molar-refractivity contribution in [3.63, 3.8) is 0 Å². The van der Waals surface area contributed by atoms with Gasteiger partial charge >= 0.3 is 0 Å². The highest BCUT2D eigenvalue weighted by molar-refractivity contribution is 9.10. The molecule has 1 aromatic heterocycles. The molecule has 0 amide bonds. The summed E-state index contributed by atoms with van der Waals surface area (Å²) in [6.45, 7) is 1.96. The highest BCUT2D eigenvalue weighted by atomic mass is 79.9. The summed E-state index contributed by atoms with van der Waals surface area (Å²) in [5.74, 6) is 2.57. The van der Waals surface area contributed by atoms with Crippen LogP contribution in [0.25, 0.3) is 0 Å². The fraction of sp³-hybridized carbons (Fsp3) is 0.267. The molecule has 1 aromatic carbocycles. The second-order valence-corrected chi connectivity index (χ2v) is 5.12. The molecule has 112 valence electrons. The van der Waals surface area contributed by atoms with Gasteiger partial charge in [0.15, 0.2) is 11.5 Å². The lowest BCUT2D eigenvalue weighted by Crippen LogP contribution is -1.97. The van der Waals surface area contributed by atoms with E-state index in [9.17, 15) is 0 Å². The molecule has 21 heavy (non-hydrogen) atoms. The van der Waals surface area contributed by atoms with E-state index < -0.39 is 0 Å². The van der Waals surface area contributed by atoms with Crippen molar-refractivity contribution in [3.8, 4) is 28.9 Å². The molecule has 0 fully saturated rings. The van der Waals surface area contributed by atoms with Crippen molar-refractivity contribution in [3.05, 3.63) is 34.4 Å². The number of halogens is 1. The number of benzene rings is 1. The third-order valence-electron chi connectivity index (χ3n) is 2.80. The fourth-order valence-electron chi connectivity index (χ4n) is 1.82. The lowest BCUT2D eigenvalue weighted by Gasteiger charge is -2.14. The third-order valence-corrected chi connectivity index (χ3v) is 3.37. The van der Waals surface area contributed by atoms with Crippen LogP contribution in [0.4, 0.5) is 0 Å². The summed E-state index contributed by atoms with van der Waals surface area (Å²) in [6.07, 6.45) is 1.73. The van der Waals surface area contributed by atoms with E-state index in [1.807, 2.05) is 13.0 Å². The lowest BCUT2D eigenvalue weighted by molar-refractivity contribution is 0.320. The summed E-state index contributed by atoms with van der Waals surface area (Å²) in [4.78, 5) is 4.24. The highest BCUT2D eigenvalue weighted by Crippen LogP contribution is 2.42. The normalized spacial score (nSPS) is 10.1. The maximum atomic E-state index is 5.78. The number of hydrogen-bond donors (Lipinski definition) is 0. The maximum Gasteiger partial charge on any atom is 0.233 e. The highest BCUT2D eigenvalue weighted by Gasteiger charge is 2.15. The van der Waals surface area contributed by atoms with E-state index in [4.69, 9.17) is 18.9 Å². The first-order valence-corrected chi connectivity index (χ1v) is 6.98. The predicted molar refractivity (Wildman–Crippen MR) is 82.8 cm³/mol. The molecule has 0 saturated heterocycles. The molecule has 0 bridgehead atoms. The van der Waals surface area contributed by atoms with Crippen LogP contribution < -0.4 is 18.9 Å². The SMILES string of the molecule is COc1cc(Oc2ncc(C)cc2Br)cc(OC)c1OC. The fourth-order valence-corrected chi connectivity index (χ4v) is 2.37. The van der Waals surface area contributed by atoms with Gasteiger partial charge in [0.25, 0.3) is 0 Å². The monoisotopic (exact) mass is 353 g/mol. The Morgan fingerprint density at radius 3 is 2.05 bits per heavy atom. The van der Waals surface area contributed by atoms with Gasteiger partial charge in [0.05, 0.1) is 25.8 Å². The van der Waals surface area contributed by atoms with Crippen LogP contribution in [0, 0.1) is 6.92 Å². The first kappa shape index (κ1) is 15.4. The molecule has 0 aliphatic rings. The van der Waals surface area contributed by atoms with Crippen molar-refractivity contribution in [2.24, 2.45) is 0 Å². The van der Waals surface area contributed by atoms with Gasteiger partial charge in [-0.05, 0) is 34.5 Å². The van der Waals surface area contributed by atoms with Gasteiger partial charge in [-0.3, -0.25) is 0 Å². The molecule has 5 nitrogen and oxygen atoms in total. The zero-order valence-corrected chi connectivity index (χ0v) is 13.9. The first-order valence-electron chi connectivity index (χ1n) is 6.19. The number of nitrogens with zero attached hydrogens (tertiary/aromatic N) is 1. The summed E-state index contributed by atoms with van der Waals surface area (Å²) in [6, 6.07) is 5.37. The van der Waals surface area contributed by atoms with E-state index in [1.54, 1.807) is 39.7 Å². The Labute approximate surface area is 131 Å². The molecule has 0 atom stereocenters. The standard InChI is InChI=1S/C15H16BrNO4/c1-9-5-11(16)15(17-8-9)21-10-6-12(18-2)14(20-4)13(7-10)19-3/h5-8H,1-4H3. The van der Waals surface area contributed by atoms with E-state index in [0.717, 1.165) is 10.0 Å². The van der Waals surface area contributed by atoms with Crippen molar-refractivity contribution >= 4 is 15.9 Å². The molecular formula is C15H16BrNO4. The van der Waals surface area contributed by atoms with Crippen LogP contribution in [0.3, 0.4) is 0 Å². The van der Waals surface area contributed by atoms with Gasteiger partial charge in [-0.25, -0.2) is 4.98 Å². The number of pyridine rings is 1. The molecule has 6 heteroatoms. The number of hydrogen-bond acceptors (Lipinski definition) is 5. The minimum Gasteiger partial charge on any atom is -0.493 e. The summed E-state index contributed by atoms with van der Waals surface area (Å²) >= 11 is 3.43. The van der Waals surface area contributed by atoms with E-state index >= 15 is 0 Å². The number of aromatic nitrogens is 1. The van der Waals surface area contributed by atoms with Crippen molar-refractivity contribution < 1.29 is 18.9 Å². The maximum absolute atomic E-state index is 5.78. The van der Waals surface area contributed by atoms with Crippen LogP contribution in [0.2, 0.25) is 0 Å². The topological polar surface area (TPSA) is 49.8 Å². The number of methoxy groups -OCH3 is 3. The molecular weight excluding hydrogens is 338 g/mol. The Morgan fingerprint density at radius 1 is 0.952 bits per heavy atom. The van der Waals surface area contributed by atoms with Gasteiger partial charge < -0.3 is 18.9 Å². The molecule has 0 aliphatic heterocycles. The van der Waals surface area contributed by atoms with Crippen LogP contribution in [0.1, 0.15) is 5.56 Å². The van der Waals surface area contributed by atoms with Gasteiger partial charge in [0, 0.05) is 18.3 Å². The Morgan fingerprint density at radius 2 is 1.57 bits per heavy atom.